The summed E-state index contributed by atoms with van der Waals surface area (Å²) in [6.07, 6.45) is 2.44. The Morgan fingerprint density at radius 1 is 1.38 bits per heavy atom. The summed E-state index contributed by atoms with van der Waals surface area (Å²) in [6, 6.07) is 8.04. The van der Waals surface area contributed by atoms with Crippen LogP contribution in [0.4, 0.5) is 0 Å². The molecule has 116 valence electrons. The van der Waals surface area contributed by atoms with Gasteiger partial charge >= 0.3 is 0 Å². The number of hydrogen-bond acceptors (Lipinski definition) is 3. The first-order chi connectivity index (χ1) is 10.2. The van der Waals surface area contributed by atoms with E-state index in [2.05, 4.69) is 0 Å². The van der Waals surface area contributed by atoms with Crippen LogP contribution in [0.3, 0.4) is 0 Å². The van der Waals surface area contributed by atoms with Crippen molar-refractivity contribution in [2.24, 2.45) is 0 Å². The lowest BCUT2D eigenvalue weighted by molar-refractivity contribution is -0.133. The molecule has 21 heavy (non-hydrogen) atoms. The van der Waals surface area contributed by atoms with Gasteiger partial charge in [0, 0.05) is 43.2 Å². The van der Waals surface area contributed by atoms with Crippen LogP contribution in [-0.2, 0) is 9.53 Å². The van der Waals surface area contributed by atoms with Crippen molar-refractivity contribution in [2.45, 2.75) is 25.3 Å². The standard InChI is InChI=1S/C16H22ClNO2S/c1-20-10-3-2-4-16(19)18-9-11-21-12-15(18)13-5-7-14(17)8-6-13/h5-8,15H,2-4,9-12H2,1H3. The van der Waals surface area contributed by atoms with Crippen molar-refractivity contribution in [3.05, 3.63) is 34.9 Å². The highest BCUT2D eigenvalue weighted by molar-refractivity contribution is 7.99. The molecule has 1 aliphatic rings. The number of nitrogens with zero attached hydrogens (tertiary/aromatic N) is 1. The number of methoxy groups -OCH3 is 1. The molecule has 2 rings (SSSR count). The van der Waals surface area contributed by atoms with E-state index in [0.717, 1.165) is 42.5 Å². The van der Waals surface area contributed by atoms with Gasteiger partial charge in [-0.05, 0) is 30.5 Å². The number of carbonyl (C=O) groups excluding carboxylic acids is 1. The summed E-state index contributed by atoms with van der Waals surface area (Å²) in [4.78, 5) is 14.5. The third kappa shape index (κ3) is 4.90. The average molecular weight is 328 g/mol. The molecular weight excluding hydrogens is 306 g/mol. The molecular formula is C16H22ClNO2S. The van der Waals surface area contributed by atoms with Crippen LogP contribution in [0.2, 0.25) is 5.02 Å². The highest BCUT2D eigenvalue weighted by Crippen LogP contribution is 2.30. The quantitative estimate of drug-likeness (QED) is 0.745. The highest BCUT2D eigenvalue weighted by atomic mass is 35.5. The van der Waals surface area contributed by atoms with Gasteiger partial charge in [0.05, 0.1) is 6.04 Å². The molecule has 3 nitrogen and oxygen atoms in total. The lowest BCUT2D eigenvalue weighted by atomic mass is 10.1. The van der Waals surface area contributed by atoms with Gasteiger partial charge in [-0.15, -0.1) is 0 Å². The first-order valence-electron chi connectivity index (χ1n) is 7.34. The lowest BCUT2D eigenvalue weighted by Gasteiger charge is -2.36. The third-order valence-corrected chi connectivity index (χ3v) is 4.97. The number of amides is 1. The van der Waals surface area contributed by atoms with Crippen molar-refractivity contribution < 1.29 is 9.53 Å². The van der Waals surface area contributed by atoms with Gasteiger partial charge in [-0.1, -0.05) is 23.7 Å². The van der Waals surface area contributed by atoms with E-state index in [4.69, 9.17) is 16.3 Å². The Balaban J connectivity index is 1.98. The van der Waals surface area contributed by atoms with E-state index in [1.165, 1.54) is 5.56 Å². The van der Waals surface area contributed by atoms with Gasteiger partial charge < -0.3 is 9.64 Å². The molecule has 0 saturated carbocycles. The number of halogens is 1. The summed E-state index contributed by atoms with van der Waals surface area (Å²) in [7, 11) is 1.69. The fraction of sp³-hybridized carbons (Fsp3) is 0.562. The van der Waals surface area contributed by atoms with Gasteiger partial charge in [-0.25, -0.2) is 0 Å². The predicted molar refractivity (Wildman–Crippen MR) is 89.0 cm³/mol. The molecule has 0 aromatic heterocycles. The maximum atomic E-state index is 12.5. The van der Waals surface area contributed by atoms with Gasteiger partial charge in [0.15, 0.2) is 0 Å². The van der Waals surface area contributed by atoms with Crippen molar-refractivity contribution in [1.29, 1.82) is 0 Å². The zero-order valence-electron chi connectivity index (χ0n) is 12.4. The molecule has 1 saturated heterocycles. The summed E-state index contributed by atoms with van der Waals surface area (Å²) >= 11 is 7.86. The number of carbonyl (C=O) groups is 1. The molecule has 1 amide bonds. The van der Waals surface area contributed by atoms with E-state index in [9.17, 15) is 4.79 Å². The Labute approximate surface area is 136 Å². The van der Waals surface area contributed by atoms with E-state index in [0.29, 0.717) is 6.42 Å². The lowest BCUT2D eigenvalue weighted by Crippen LogP contribution is -2.40. The third-order valence-electron chi connectivity index (χ3n) is 3.69. The van der Waals surface area contributed by atoms with E-state index in [1.807, 2.05) is 40.9 Å². The second-order valence-corrected chi connectivity index (χ2v) is 6.77. The molecule has 0 aliphatic carbocycles. The molecule has 5 heteroatoms. The van der Waals surface area contributed by atoms with Gasteiger partial charge in [0.1, 0.15) is 0 Å². The summed E-state index contributed by atoms with van der Waals surface area (Å²) in [6.45, 7) is 1.56. The molecule has 1 fully saturated rings. The molecule has 1 aromatic rings. The van der Waals surface area contributed by atoms with Gasteiger partial charge in [-0.2, -0.15) is 11.8 Å². The minimum absolute atomic E-state index is 0.177. The Morgan fingerprint density at radius 2 is 2.14 bits per heavy atom. The SMILES string of the molecule is COCCCCC(=O)N1CCSCC1c1ccc(Cl)cc1. The second-order valence-electron chi connectivity index (χ2n) is 5.18. The molecule has 0 N–H and O–H groups in total. The molecule has 1 atom stereocenters. The maximum Gasteiger partial charge on any atom is 0.223 e. The van der Waals surface area contributed by atoms with Crippen LogP contribution in [-0.4, -0.2) is 42.6 Å². The van der Waals surface area contributed by atoms with E-state index < -0.39 is 0 Å². The Bertz CT molecular complexity index is 452. The second kappa shape index (κ2) is 8.66. The fourth-order valence-electron chi connectivity index (χ4n) is 2.53. The summed E-state index contributed by atoms with van der Waals surface area (Å²) < 4.78 is 5.03. The van der Waals surface area contributed by atoms with Crippen LogP contribution < -0.4 is 0 Å². The molecule has 0 bridgehead atoms. The molecule has 1 unspecified atom stereocenters. The first kappa shape index (κ1) is 16.7. The maximum absolute atomic E-state index is 12.5. The number of unbranched alkanes of at least 4 members (excludes halogenated alkanes) is 1. The van der Waals surface area contributed by atoms with Gasteiger partial charge in [-0.3, -0.25) is 4.79 Å². The number of rotatable bonds is 6. The molecule has 0 spiro atoms. The Morgan fingerprint density at radius 3 is 2.86 bits per heavy atom. The van der Waals surface area contributed by atoms with Crippen molar-refractivity contribution >= 4 is 29.3 Å². The largest absolute Gasteiger partial charge is 0.385 e. The normalized spacial score (nSPS) is 18.8. The smallest absolute Gasteiger partial charge is 0.223 e. The number of ether oxygens (including phenoxy) is 1. The van der Waals surface area contributed by atoms with Crippen molar-refractivity contribution in [3.63, 3.8) is 0 Å². The summed E-state index contributed by atoms with van der Waals surface area (Å²) in [5.41, 5.74) is 1.18. The van der Waals surface area contributed by atoms with Crippen LogP contribution in [0.15, 0.2) is 24.3 Å². The summed E-state index contributed by atoms with van der Waals surface area (Å²) in [5, 5.41) is 0.736. The highest BCUT2D eigenvalue weighted by Gasteiger charge is 2.27. The van der Waals surface area contributed by atoms with Gasteiger partial charge in [0.25, 0.3) is 0 Å². The van der Waals surface area contributed by atoms with Crippen LogP contribution in [0, 0.1) is 0 Å². The van der Waals surface area contributed by atoms with E-state index in [-0.39, 0.29) is 11.9 Å². The zero-order chi connectivity index (χ0) is 15.1. The predicted octanol–water partition coefficient (Wildman–Crippen LogP) is 3.77. The fourth-order valence-corrected chi connectivity index (χ4v) is 3.74. The number of benzene rings is 1. The first-order valence-corrected chi connectivity index (χ1v) is 8.87. The van der Waals surface area contributed by atoms with E-state index in [1.54, 1.807) is 7.11 Å². The van der Waals surface area contributed by atoms with Crippen LogP contribution in [0.1, 0.15) is 30.9 Å². The topological polar surface area (TPSA) is 29.5 Å². The Hall–Kier alpha value is -0.710. The average Bonchev–Trinajstić information content (AvgIpc) is 2.52. The number of thioether (sulfide) groups is 1. The van der Waals surface area contributed by atoms with Crippen LogP contribution >= 0.6 is 23.4 Å². The number of hydrogen-bond donors (Lipinski definition) is 0. The minimum atomic E-state index is 0.177. The van der Waals surface area contributed by atoms with Crippen LogP contribution in [0.25, 0.3) is 0 Å². The van der Waals surface area contributed by atoms with Crippen LogP contribution in [0.5, 0.6) is 0 Å². The van der Waals surface area contributed by atoms with Gasteiger partial charge in [0.2, 0.25) is 5.91 Å². The zero-order valence-corrected chi connectivity index (χ0v) is 14.0. The van der Waals surface area contributed by atoms with Crippen molar-refractivity contribution in [1.82, 2.24) is 4.90 Å². The molecule has 1 aromatic carbocycles. The van der Waals surface area contributed by atoms with Crippen molar-refractivity contribution in [3.8, 4) is 0 Å². The molecule has 0 radical (unpaired) electrons. The molecule has 1 heterocycles. The van der Waals surface area contributed by atoms with E-state index >= 15 is 0 Å². The van der Waals surface area contributed by atoms with Crippen molar-refractivity contribution in [2.75, 3.05) is 31.8 Å². The minimum Gasteiger partial charge on any atom is -0.385 e. The monoisotopic (exact) mass is 327 g/mol. The molecule has 1 aliphatic heterocycles. The summed E-state index contributed by atoms with van der Waals surface area (Å²) in [5.74, 6) is 2.24. The Kier molecular flexibility index (Phi) is 6.87.